The largest absolute Gasteiger partial charge is 0.495 e. The van der Waals surface area contributed by atoms with Gasteiger partial charge in [-0.05, 0) is 29.8 Å². The zero-order valence-corrected chi connectivity index (χ0v) is 20.2. The van der Waals surface area contributed by atoms with Crippen molar-refractivity contribution in [3.63, 3.8) is 0 Å². The summed E-state index contributed by atoms with van der Waals surface area (Å²) in [6.07, 6.45) is 0. The van der Waals surface area contributed by atoms with Crippen LogP contribution in [0.25, 0.3) is 0 Å². The van der Waals surface area contributed by atoms with E-state index in [4.69, 9.17) is 9.47 Å². The lowest BCUT2D eigenvalue weighted by atomic mass is 9.78. The Morgan fingerprint density at radius 3 is 2.64 bits per heavy atom. The normalized spacial score (nSPS) is 17.6. The maximum atomic E-state index is 12.9. The van der Waals surface area contributed by atoms with Crippen molar-refractivity contribution in [3.8, 4) is 11.8 Å². The summed E-state index contributed by atoms with van der Waals surface area (Å²) in [6.45, 7) is 0. The molecule has 2 N–H and O–H groups in total. The molecule has 0 saturated heterocycles. The van der Waals surface area contributed by atoms with E-state index in [-0.39, 0.29) is 22.3 Å². The Hall–Kier alpha value is -3.29. The smallest absolute Gasteiger partial charge is 0.319 e. The van der Waals surface area contributed by atoms with E-state index in [2.05, 4.69) is 32.6 Å². The van der Waals surface area contributed by atoms with E-state index in [9.17, 15) is 19.6 Å². The van der Waals surface area contributed by atoms with E-state index in [1.165, 1.54) is 14.2 Å². The molecule has 0 saturated carbocycles. The lowest BCUT2D eigenvalue weighted by Gasteiger charge is -2.31. The monoisotopic (exact) mass is 529 g/mol. The van der Waals surface area contributed by atoms with Crippen LogP contribution in [0, 0.1) is 17.2 Å². The van der Waals surface area contributed by atoms with Gasteiger partial charge in [-0.3, -0.25) is 14.4 Å². The Morgan fingerprint density at radius 2 is 1.97 bits per heavy atom. The lowest BCUT2D eigenvalue weighted by Crippen LogP contribution is -2.44. The van der Waals surface area contributed by atoms with Crippen molar-refractivity contribution in [3.05, 3.63) is 69.2 Å². The molecule has 0 fully saturated rings. The number of rotatable bonds is 7. The number of carbonyl (C=O) groups is 3. The predicted octanol–water partition coefficient (Wildman–Crippen LogP) is 3.57. The number of hydrogen-bond donors (Lipinski definition) is 2. The van der Waals surface area contributed by atoms with Gasteiger partial charge in [0.1, 0.15) is 11.7 Å². The Labute approximate surface area is 203 Å². The van der Waals surface area contributed by atoms with Crippen LogP contribution in [0.15, 0.2) is 63.6 Å². The number of nitriles is 1. The fraction of sp³-hybridized carbons (Fsp3) is 0.217. The van der Waals surface area contributed by atoms with Crippen molar-refractivity contribution in [2.24, 2.45) is 5.92 Å². The van der Waals surface area contributed by atoms with Crippen molar-refractivity contribution < 1.29 is 23.9 Å². The topological polar surface area (TPSA) is 118 Å². The third-order valence-corrected chi connectivity index (χ3v) is 6.43. The average Bonchev–Trinajstić information content (AvgIpc) is 2.82. The molecule has 170 valence electrons. The molecule has 1 heterocycles. The highest BCUT2D eigenvalue weighted by Crippen LogP contribution is 2.40. The standard InChI is InChI=1S/C23H20BrN3O5S/c1-31-17-9-4-3-8-16(17)26-18(28)12-33-22-15(11-25)19(13-6-5-7-14(24)10-13)20(21(29)27-22)23(30)32-2/h3-10,19-20H,12H2,1-2H3,(H,26,28)(H,27,29)/t19-,20-/m0/s1. The van der Waals surface area contributed by atoms with E-state index in [0.29, 0.717) is 17.0 Å². The number of halogens is 1. The number of para-hydroxylation sites is 2. The summed E-state index contributed by atoms with van der Waals surface area (Å²) in [5.41, 5.74) is 1.28. The summed E-state index contributed by atoms with van der Waals surface area (Å²) < 4.78 is 10.8. The molecule has 33 heavy (non-hydrogen) atoms. The molecule has 0 unspecified atom stereocenters. The first-order valence-electron chi connectivity index (χ1n) is 9.73. The van der Waals surface area contributed by atoms with Gasteiger partial charge in [0.15, 0.2) is 0 Å². The number of nitrogens with one attached hydrogen (secondary N) is 2. The van der Waals surface area contributed by atoms with E-state index < -0.39 is 23.7 Å². The number of amides is 2. The number of methoxy groups -OCH3 is 2. The molecule has 2 amide bonds. The fourth-order valence-electron chi connectivity index (χ4n) is 3.45. The molecule has 2 aromatic carbocycles. The molecular formula is C23H20BrN3O5S. The fourth-order valence-corrected chi connectivity index (χ4v) is 4.72. The summed E-state index contributed by atoms with van der Waals surface area (Å²) in [7, 11) is 2.69. The minimum Gasteiger partial charge on any atom is -0.495 e. The van der Waals surface area contributed by atoms with E-state index in [1.807, 2.05) is 0 Å². The number of thioether (sulfide) groups is 1. The Morgan fingerprint density at radius 1 is 1.21 bits per heavy atom. The molecule has 0 aromatic heterocycles. The summed E-state index contributed by atoms with van der Waals surface area (Å²) in [6, 6.07) is 16.1. The Kier molecular flexibility index (Phi) is 8.14. The van der Waals surface area contributed by atoms with Gasteiger partial charge in [0.05, 0.1) is 42.3 Å². The number of anilines is 1. The highest BCUT2D eigenvalue weighted by molar-refractivity contribution is 9.10. The predicted molar refractivity (Wildman–Crippen MR) is 127 cm³/mol. The van der Waals surface area contributed by atoms with Crippen LogP contribution in [-0.4, -0.2) is 37.8 Å². The number of benzene rings is 2. The van der Waals surface area contributed by atoms with Gasteiger partial charge in [-0.15, -0.1) is 0 Å². The summed E-state index contributed by atoms with van der Waals surface area (Å²) >= 11 is 4.39. The highest BCUT2D eigenvalue weighted by Gasteiger charge is 2.44. The minimum atomic E-state index is -1.23. The zero-order valence-electron chi connectivity index (χ0n) is 17.8. The van der Waals surface area contributed by atoms with Crippen LogP contribution in [0.4, 0.5) is 5.69 Å². The molecule has 1 aliphatic rings. The first kappa shape index (κ1) is 24.4. The van der Waals surface area contributed by atoms with Gasteiger partial charge in [-0.2, -0.15) is 5.26 Å². The van der Waals surface area contributed by atoms with Gasteiger partial charge in [-0.1, -0.05) is 52.0 Å². The first-order chi connectivity index (χ1) is 15.9. The van der Waals surface area contributed by atoms with Gasteiger partial charge < -0.3 is 20.1 Å². The van der Waals surface area contributed by atoms with Crippen LogP contribution in [0.2, 0.25) is 0 Å². The molecule has 1 aliphatic heterocycles. The molecule has 8 nitrogen and oxygen atoms in total. The Balaban J connectivity index is 1.89. The van der Waals surface area contributed by atoms with Crippen LogP contribution < -0.4 is 15.4 Å². The third kappa shape index (κ3) is 5.56. The molecule has 10 heteroatoms. The van der Waals surface area contributed by atoms with Gasteiger partial charge in [0.25, 0.3) is 0 Å². The third-order valence-electron chi connectivity index (χ3n) is 4.92. The van der Waals surface area contributed by atoms with Crippen molar-refractivity contribution in [1.82, 2.24) is 5.32 Å². The quantitative estimate of drug-likeness (QED) is 0.415. The second kappa shape index (κ2) is 11.0. The van der Waals surface area contributed by atoms with Crippen LogP contribution in [0.1, 0.15) is 11.5 Å². The number of esters is 1. The number of allylic oxidation sites excluding steroid dienone is 1. The molecule has 0 radical (unpaired) electrons. The second-order valence-electron chi connectivity index (χ2n) is 6.91. The number of ether oxygens (including phenoxy) is 2. The molecule has 0 aliphatic carbocycles. The molecule has 3 rings (SSSR count). The number of carbonyl (C=O) groups excluding carboxylic acids is 3. The average molecular weight is 530 g/mol. The molecular weight excluding hydrogens is 510 g/mol. The van der Waals surface area contributed by atoms with Crippen LogP contribution in [-0.2, 0) is 19.1 Å². The Bertz CT molecular complexity index is 1160. The van der Waals surface area contributed by atoms with E-state index >= 15 is 0 Å². The van der Waals surface area contributed by atoms with Crippen molar-refractivity contribution in [1.29, 1.82) is 5.26 Å². The highest BCUT2D eigenvalue weighted by atomic mass is 79.9. The lowest BCUT2D eigenvalue weighted by molar-refractivity contribution is -0.150. The van der Waals surface area contributed by atoms with Crippen LogP contribution in [0.3, 0.4) is 0 Å². The number of hydrogen-bond acceptors (Lipinski definition) is 7. The number of nitrogens with zero attached hydrogens (tertiary/aromatic N) is 1. The minimum absolute atomic E-state index is 0.0765. The zero-order chi connectivity index (χ0) is 24.0. The molecule has 0 bridgehead atoms. The van der Waals surface area contributed by atoms with E-state index in [1.54, 1.807) is 48.5 Å². The summed E-state index contributed by atoms with van der Waals surface area (Å²) in [5, 5.41) is 15.5. The van der Waals surface area contributed by atoms with Crippen molar-refractivity contribution >= 4 is 51.2 Å². The SMILES string of the molecule is COC(=O)[C@@H]1C(=O)NC(SCC(=O)Nc2ccccc2OC)=C(C#N)[C@@H]1c1cccc(Br)c1. The van der Waals surface area contributed by atoms with Crippen molar-refractivity contribution in [2.75, 3.05) is 25.3 Å². The van der Waals surface area contributed by atoms with Gasteiger partial charge in [0, 0.05) is 10.4 Å². The molecule has 2 aromatic rings. The van der Waals surface area contributed by atoms with Crippen LogP contribution >= 0.6 is 27.7 Å². The van der Waals surface area contributed by atoms with Gasteiger partial charge >= 0.3 is 5.97 Å². The van der Waals surface area contributed by atoms with Gasteiger partial charge in [-0.25, -0.2) is 0 Å². The molecule has 0 spiro atoms. The van der Waals surface area contributed by atoms with Gasteiger partial charge in [0.2, 0.25) is 11.8 Å². The summed E-state index contributed by atoms with van der Waals surface area (Å²) in [5.74, 6) is -3.35. The second-order valence-corrected chi connectivity index (χ2v) is 8.82. The maximum absolute atomic E-state index is 12.9. The molecule has 2 atom stereocenters. The van der Waals surface area contributed by atoms with E-state index in [0.717, 1.165) is 16.2 Å². The maximum Gasteiger partial charge on any atom is 0.319 e. The van der Waals surface area contributed by atoms with Crippen LogP contribution in [0.5, 0.6) is 5.75 Å². The van der Waals surface area contributed by atoms with Crippen molar-refractivity contribution in [2.45, 2.75) is 5.92 Å². The first-order valence-corrected chi connectivity index (χ1v) is 11.5. The summed E-state index contributed by atoms with van der Waals surface area (Å²) in [4.78, 5) is 37.8.